The molecule has 4 unspecified atom stereocenters. The van der Waals surface area contributed by atoms with Crippen molar-refractivity contribution in [1.82, 2.24) is 0 Å². The lowest BCUT2D eigenvalue weighted by molar-refractivity contribution is -0.873. The molecule has 1 aliphatic carbocycles. The van der Waals surface area contributed by atoms with Gasteiger partial charge in [0.1, 0.15) is 12.6 Å². The number of likely N-dealkylation sites (N-methyl/N-ethyl adjacent to an activating group) is 1. The predicted molar refractivity (Wildman–Crippen MR) is 90.6 cm³/mol. The molecule has 1 rings (SSSR count). The van der Waals surface area contributed by atoms with E-state index in [0.29, 0.717) is 11.8 Å². The van der Waals surface area contributed by atoms with E-state index in [9.17, 15) is 4.89 Å². The van der Waals surface area contributed by atoms with E-state index in [0.717, 1.165) is 30.5 Å². The molecule has 0 heterocycles. The Morgan fingerprint density at radius 2 is 2.05 bits per heavy atom. The maximum atomic E-state index is 9.82. The Morgan fingerprint density at radius 1 is 1.40 bits per heavy atom. The molecule has 7 heteroatoms. The van der Waals surface area contributed by atoms with Crippen molar-refractivity contribution < 1.29 is 18.6 Å². The summed E-state index contributed by atoms with van der Waals surface area (Å²) in [6.07, 6.45) is 4.60. The van der Waals surface area contributed by atoms with Crippen molar-refractivity contribution in [1.29, 1.82) is 0 Å². The van der Waals surface area contributed by atoms with Gasteiger partial charge in [0.05, 0.1) is 21.1 Å². The van der Waals surface area contributed by atoms with Gasteiger partial charge in [0.25, 0.3) is 0 Å². The standard InChI is InChI=1S/C13H28NO3PS2/c1-14(2,3)9-13(17-18(15,19)20)12-7-5-6-11(8-12)10-16-4/h11-13H,5-10H2,1-4H3,(H-,15,19,20)/p+1. The highest BCUT2D eigenvalue weighted by Gasteiger charge is 2.34. The van der Waals surface area contributed by atoms with Crippen molar-refractivity contribution in [2.24, 2.45) is 11.8 Å². The summed E-state index contributed by atoms with van der Waals surface area (Å²) in [5.41, 5.74) is -2.92. The quantitative estimate of drug-likeness (QED) is 0.424. The third kappa shape index (κ3) is 7.74. The summed E-state index contributed by atoms with van der Waals surface area (Å²) in [5.74, 6) is 1.02. The SMILES string of the molecule is COCC1CCCC(C(C[N+](C)(C)C)OP(O)(=S)S)C1. The third-order valence-corrected chi connectivity index (χ3v) is 4.84. The largest absolute Gasteiger partial charge is 0.384 e. The van der Waals surface area contributed by atoms with Crippen LogP contribution in [0.5, 0.6) is 0 Å². The van der Waals surface area contributed by atoms with Crippen LogP contribution in [0.3, 0.4) is 0 Å². The second-order valence-electron chi connectivity index (χ2n) is 6.86. The van der Waals surface area contributed by atoms with Gasteiger partial charge < -0.3 is 18.6 Å². The molecule has 0 aliphatic heterocycles. The molecule has 1 N–H and O–H groups in total. The summed E-state index contributed by atoms with van der Waals surface area (Å²) in [4.78, 5) is 9.82. The van der Waals surface area contributed by atoms with Crippen molar-refractivity contribution in [3.63, 3.8) is 0 Å². The minimum absolute atomic E-state index is 0.0250. The number of rotatable bonds is 7. The Bertz CT molecular complexity index is 341. The van der Waals surface area contributed by atoms with Crippen LogP contribution >= 0.6 is 17.9 Å². The van der Waals surface area contributed by atoms with Crippen molar-refractivity contribution in [3.05, 3.63) is 0 Å². The molecule has 0 amide bonds. The smallest absolute Gasteiger partial charge is 0.242 e. The van der Waals surface area contributed by atoms with E-state index < -0.39 is 5.69 Å². The lowest BCUT2D eigenvalue weighted by Gasteiger charge is -2.38. The lowest BCUT2D eigenvalue weighted by atomic mass is 9.79. The Balaban J connectivity index is 2.73. The molecule has 0 saturated heterocycles. The molecule has 1 saturated carbocycles. The zero-order valence-corrected chi connectivity index (χ0v) is 15.6. The molecule has 20 heavy (non-hydrogen) atoms. The first-order chi connectivity index (χ1) is 9.11. The average molecular weight is 342 g/mol. The summed E-state index contributed by atoms with van der Waals surface area (Å²) in [7, 11) is 8.15. The summed E-state index contributed by atoms with van der Waals surface area (Å²) >= 11 is 9.03. The molecule has 0 aromatic carbocycles. The molecule has 0 spiro atoms. The van der Waals surface area contributed by atoms with Gasteiger partial charge in [0.15, 0.2) is 0 Å². The van der Waals surface area contributed by atoms with Crippen LogP contribution in [-0.4, -0.2) is 56.9 Å². The van der Waals surface area contributed by atoms with Crippen LogP contribution in [0.25, 0.3) is 0 Å². The fourth-order valence-electron chi connectivity index (χ4n) is 3.04. The minimum atomic E-state index is -2.92. The number of quaternary nitrogens is 1. The van der Waals surface area contributed by atoms with E-state index in [1.807, 2.05) is 0 Å². The van der Waals surface area contributed by atoms with Gasteiger partial charge in [0.2, 0.25) is 5.69 Å². The van der Waals surface area contributed by atoms with Gasteiger partial charge in [-0.05, 0) is 42.9 Å². The van der Waals surface area contributed by atoms with Crippen LogP contribution in [-0.2, 0) is 21.1 Å². The van der Waals surface area contributed by atoms with Crippen LogP contribution < -0.4 is 0 Å². The Morgan fingerprint density at radius 3 is 2.55 bits per heavy atom. The number of ether oxygens (including phenoxy) is 1. The predicted octanol–water partition coefficient (Wildman–Crippen LogP) is 2.68. The van der Waals surface area contributed by atoms with Gasteiger partial charge in [0, 0.05) is 13.7 Å². The van der Waals surface area contributed by atoms with E-state index in [1.54, 1.807) is 7.11 Å². The summed E-state index contributed by atoms with van der Waals surface area (Å²) in [6.45, 7) is 1.64. The molecular weight excluding hydrogens is 313 g/mol. The first-order valence-corrected chi connectivity index (χ1v) is 11.0. The molecule has 1 fully saturated rings. The van der Waals surface area contributed by atoms with Crippen molar-refractivity contribution in [2.45, 2.75) is 31.8 Å². The first kappa shape index (κ1) is 18.9. The Hall–Kier alpha value is 0.840. The highest BCUT2D eigenvalue weighted by molar-refractivity contribution is 8.59. The van der Waals surface area contributed by atoms with Crippen molar-refractivity contribution in [2.75, 3.05) is 41.4 Å². The molecular formula is C13H29NO3PS2+. The number of nitrogens with zero attached hydrogens (tertiary/aromatic N) is 1. The fourth-order valence-corrected chi connectivity index (χ4v) is 4.33. The first-order valence-electron chi connectivity index (χ1n) is 7.14. The fraction of sp³-hybridized carbons (Fsp3) is 1.00. The van der Waals surface area contributed by atoms with Crippen LogP contribution in [0.2, 0.25) is 0 Å². The molecule has 120 valence electrons. The van der Waals surface area contributed by atoms with Crippen molar-refractivity contribution in [3.8, 4) is 0 Å². The molecule has 1 aliphatic rings. The Labute approximate surface area is 133 Å². The van der Waals surface area contributed by atoms with Gasteiger partial charge in [-0.2, -0.15) is 0 Å². The van der Waals surface area contributed by atoms with E-state index >= 15 is 0 Å². The Kier molecular flexibility index (Phi) is 7.47. The number of methoxy groups -OCH3 is 1. The number of hydrogen-bond acceptors (Lipinski definition) is 3. The van der Waals surface area contributed by atoms with Crippen LogP contribution in [0.4, 0.5) is 0 Å². The average Bonchev–Trinajstić information content (AvgIpc) is 2.25. The van der Waals surface area contributed by atoms with Gasteiger partial charge in [-0.15, -0.1) is 0 Å². The summed E-state index contributed by atoms with van der Waals surface area (Å²) in [6, 6.07) is 0. The van der Waals surface area contributed by atoms with Crippen molar-refractivity contribution >= 4 is 29.7 Å². The molecule has 0 aromatic heterocycles. The zero-order chi connectivity index (χ0) is 15.4. The van der Waals surface area contributed by atoms with Gasteiger partial charge in [-0.1, -0.05) is 18.7 Å². The van der Waals surface area contributed by atoms with E-state index in [-0.39, 0.29) is 6.10 Å². The molecule has 0 radical (unpaired) electrons. The molecule has 4 nitrogen and oxygen atoms in total. The third-order valence-electron chi connectivity index (χ3n) is 3.75. The highest BCUT2D eigenvalue weighted by Crippen LogP contribution is 2.50. The second kappa shape index (κ2) is 7.91. The van der Waals surface area contributed by atoms with E-state index in [1.165, 1.54) is 12.8 Å². The second-order valence-corrected chi connectivity index (χ2v) is 12.0. The van der Waals surface area contributed by atoms with Gasteiger partial charge in [-0.3, -0.25) is 0 Å². The molecule has 0 bridgehead atoms. The molecule has 4 atom stereocenters. The van der Waals surface area contributed by atoms with Gasteiger partial charge >= 0.3 is 0 Å². The van der Waals surface area contributed by atoms with Crippen LogP contribution in [0.1, 0.15) is 25.7 Å². The van der Waals surface area contributed by atoms with Crippen LogP contribution in [0.15, 0.2) is 0 Å². The maximum Gasteiger partial charge on any atom is 0.242 e. The zero-order valence-electron chi connectivity index (χ0n) is 13.0. The minimum Gasteiger partial charge on any atom is -0.384 e. The van der Waals surface area contributed by atoms with E-state index in [4.69, 9.17) is 21.1 Å². The summed E-state index contributed by atoms with van der Waals surface area (Å²) < 4.78 is 11.8. The number of thiol groups is 1. The summed E-state index contributed by atoms with van der Waals surface area (Å²) in [5, 5.41) is 0. The normalized spacial score (nSPS) is 28.9. The van der Waals surface area contributed by atoms with E-state index in [2.05, 4.69) is 33.4 Å². The maximum absolute atomic E-state index is 9.82. The monoisotopic (exact) mass is 342 g/mol. The lowest BCUT2D eigenvalue weighted by Crippen LogP contribution is -2.45. The highest BCUT2D eigenvalue weighted by atomic mass is 32.9. The van der Waals surface area contributed by atoms with Crippen LogP contribution in [0, 0.1) is 11.8 Å². The number of hydrogen-bond donors (Lipinski definition) is 2. The topological polar surface area (TPSA) is 38.7 Å². The molecule has 0 aromatic rings. The van der Waals surface area contributed by atoms with Gasteiger partial charge in [-0.25, -0.2) is 0 Å².